The smallest absolute Gasteiger partial charge is 0.272 e. The first kappa shape index (κ1) is 16.8. The molecule has 0 radical (unpaired) electrons. The molecule has 1 unspecified atom stereocenters. The van der Waals surface area contributed by atoms with Crippen LogP contribution in [0.4, 0.5) is 5.69 Å². The normalized spacial score (nSPS) is 17.1. The summed E-state index contributed by atoms with van der Waals surface area (Å²) in [5, 5.41) is 0. The van der Waals surface area contributed by atoms with Crippen molar-refractivity contribution in [1.29, 1.82) is 0 Å². The van der Waals surface area contributed by atoms with Gasteiger partial charge in [-0.2, -0.15) is 0 Å². The molecule has 2 aromatic rings. The zero-order chi connectivity index (χ0) is 16.9. The van der Waals surface area contributed by atoms with E-state index in [2.05, 4.69) is 29.2 Å². The average molecular weight is 341 g/mol. The number of benzene rings is 1. The Hall–Kier alpha value is -2.01. The number of hydrogen-bond donors (Lipinski definition) is 0. The number of thioether (sulfide) groups is 1. The molecule has 1 aliphatic heterocycles. The Morgan fingerprint density at radius 2 is 2.08 bits per heavy atom. The fourth-order valence-electron chi connectivity index (χ4n) is 2.86. The zero-order valence-corrected chi connectivity index (χ0v) is 15.0. The average Bonchev–Trinajstić information content (AvgIpc) is 3.09. The molecule has 1 saturated heterocycles. The van der Waals surface area contributed by atoms with Crippen LogP contribution in [0.1, 0.15) is 16.9 Å². The lowest BCUT2D eigenvalue weighted by Crippen LogP contribution is -2.29. The van der Waals surface area contributed by atoms with E-state index in [1.807, 2.05) is 53.9 Å². The van der Waals surface area contributed by atoms with Crippen LogP contribution in [0.5, 0.6) is 0 Å². The van der Waals surface area contributed by atoms with Gasteiger partial charge >= 0.3 is 0 Å². The monoisotopic (exact) mass is 341 g/mol. The van der Waals surface area contributed by atoms with Gasteiger partial charge in [-0.25, -0.2) is 0 Å². The first-order valence-corrected chi connectivity index (χ1v) is 9.22. The summed E-state index contributed by atoms with van der Waals surface area (Å²) in [5.41, 5.74) is 1.54. The van der Waals surface area contributed by atoms with Crippen LogP contribution < -0.4 is 4.90 Å². The fraction of sp³-hybridized carbons (Fsp3) is 0.368. The molecule has 5 heteroatoms. The van der Waals surface area contributed by atoms with Gasteiger partial charge in [-0.15, -0.1) is 11.8 Å². The highest BCUT2D eigenvalue weighted by atomic mass is 32.2. The number of carbonyl (C=O) groups is 1. The molecule has 0 spiro atoms. The maximum Gasteiger partial charge on any atom is 0.272 e. The van der Waals surface area contributed by atoms with Gasteiger partial charge in [0, 0.05) is 49.7 Å². The highest BCUT2D eigenvalue weighted by molar-refractivity contribution is 7.99. The molecule has 24 heavy (non-hydrogen) atoms. The molecule has 1 aromatic carbocycles. The standard InChI is InChI=1S/C19H23N3OS/c1-21(2)16-8-10-20-18(12-16)19(23)22-11-9-15(13-22)14-24-17-6-4-3-5-7-17/h3-8,10,12,15H,9,11,13-14H2,1-2H3. The Labute approximate surface area is 147 Å². The van der Waals surface area contributed by atoms with Crippen molar-refractivity contribution in [2.75, 3.05) is 37.8 Å². The molecule has 126 valence electrons. The van der Waals surface area contributed by atoms with Gasteiger partial charge in [0.2, 0.25) is 0 Å². The van der Waals surface area contributed by atoms with E-state index in [-0.39, 0.29) is 5.91 Å². The van der Waals surface area contributed by atoms with Crippen LogP contribution in [-0.4, -0.2) is 48.7 Å². The van der Waals surface area contributed by atoms with Crippen molar-refractivity contribution in [2.24, 2.45) is 5.92 Å². The summed E-state index contributed by atoms with van der Waals surface area (Å²) in [7, 11) is 3.94. The quantitative estimate of drug-likeness (QED) is 0.781. The van der Waals surface area contributed by atoms with Gasteiger partial charge < -0.3 is 9.80 Å². The summed E-state index contributed by atoms with van der Waals surface area (Å²) in [4.78, 5) is 22.2. The molecular weight excluding hydrogens is 318 g/mol. The van der Waals surface area contributed by atoms with Crippen LogP contribution in [0, 0.1) is 5.92 Å². The van der Waals surface area contributed by atoms with Gasteiger partial charge in [0.15, 0.2) is 0 Å². The number of anilines is 1. The Bertz CT molecular complexity index is 690. The summed E-state index contributed by atoms with van der Waals surface area (Å²) in [6.45, 7) is 1.65. The minimum absolute atomic E-state index is 0.0471. The molecule has 4 nitrogen and oxygen atoms in total. The Morgan fingerprint density at radius 1 is 1.29 bits per heavy atom. The van der Waals surface area contributed by atoms with Gasteiger partial charge in [0.05, 0.1) is 0 Å². The lowest BCUT2D eigenvalue weighted by molar-refractivity contribution is 0.0782. The minimum atomic E-state index is 0.0471. The maximum absolute atomic E-state index is 12.7. The van der Waals surface area contributed by atoms with E-state index in [1.165, 1.54) is 4.90 Å². The summed E-state index contributed by atoms with van der Waals surface area (Å²) >= 11 is 1.87. The van der Waals surface area contributed by atoms with Gasteiger partial charge in [-0.05, 0) is 36.6 Å². The number of pyridine rings is 1. The van der Waals surface area contributed by atoms with Crippen LogP contribution in [0.2, 0.25) is 0 Å². The predicted octanol–water partition coefficient (Wildman–Crippen LogP) is 3.40. The van der Waals surface area contributed by atoms with Crippen molar-refractivity contribution < 1.29 is 4.79 Å². The van der Waals surface area contributed by atoms with Crippen LogP contribution in [0.3, 0.4) is 0 Å². The van der Waals surface area contributed by atoms with Crippen LogP contribution in [-0.2, 0) is 0 Å². The fourth-order valence-corrected chi connectivity index (χ4v) is 3.91. The number of hydrogen-bond acceptors (Lipinski definition) is 4. The number of carbonyl (C=O) groups excluding carboxylic acids is 1. The lowest BCUT2D eigenvalue weighted by Gasteiger charge is -2.18. The van der Waals surface area contributed by atoms with E-state index in [9.17, 15) is 4.79 Å². The highest BCUT2D eigenvalue weighted by Gasteiger charge is 2.27. The largest absolute Gasteiger partial charge is 0.378 e. The van der Waals surface area contributed by atoms with Crippen molar-refractivity contribution >= 4 is 23.4 Å². The Balaban J connectivity index is 1.57. The molecule has 0 saturated carbocycles. The van der Waals surface area contributed by atoms with Crippen LogP contribution in [0.15, 0.2) is 53.6 Å². The number of aromatic nitrogens is 1. The second kappa shape index (κ2) is 7.71. The number of amides is 1. The van der Waals surface area contributed by atoms with Gasteiger partial charge in [0.1, 0.15) is 5.69 Å². The molecule has 2 heterocycles. The number of likely N-dealkylation sites (tertiary alicyclic amines) is 1. The van der Waals surface area contributed by atoms with E-state index in [0.717, 1.165) is 31.0 Å². The summed E-state index contributed by atoms with van der Waals surface area (Å²) < 4.78 is 0. The molecule has 1 aromatic heterocycles. The summed E-state index contributed by atoms with van der Waals surface area (Å²) in [6, 6.07) is 14.2. The SMILES string of the molecule is CN(C)c1ccnc(C(=O)N2CCC(CSc3ccccc3)C2)c1. The predicted molar refractivity (Wildman–Crippen MR) is 99.7 cm³/mol. The van der Waals surface area contributed by atoms with Crippen molar-refractivity contribution in [2.45, 2.75) is 11.3 Å². The molecule has 0 bridgehead atoms. The van der Waals surface area contributed by atoms with E-state index >= 15 is 0 Å². The van der Waals surface area contributed by atoms with Gasteiger partial charge in [0.25, 0.3) is 5.91 Å². The lowest BCUT2D eigenvalue weighted by atomic mass is 10.2. The molecule has 1 amide bonds. The second-order valence-corrected chi connectivity index (χ2v) is 7.42. The first-order valence-electron chi connectivity index (χ1n) is 8.24. The molecule has 0 aliphatic carbocycles. The number of nitrogens with zero attached hydrogens (tertiary/aromatic N) is 3. The molecule has 1 atom stereocenters. The van der Waals surface area contributed by atoms with Gasteiger partial charge in [-0.1, -0.05) is 18.2 Å². The third kappa shape index (κ3) is 4.09. The van der Waals surface area contributed by atoms with E-state index in [1.54, 1.807) is 6.20 Å². The Kier molecular flexibility index (Phi) is 5.41. The Morgan fingerprint density at radius 3 is 2.83 bits per heavy atom. The highest BCUT2D eigenvalue weighted by Crippen LogP contribution is 2.26. The van der Waals surface area contributed by atoms with E-state index in [4.69, 9.17) is 0 Å². The molecule has 3 rings (SSSR count). The van der Waals surface area contributed by atoms with Crippen LogP contribution >= 0.6 is 11.8 Å². The molecular formula is C19H23N3OS. The maximum atomic E-state index is 12.7. The van der Waals surface area contributed by atoms with Crippen molar-refractivity contribution in [3.63, 3.8) is 0 Å². The van der Waals surface area contributed by atoms with Crippen molar-refractivity contribution in [3.8, 4) is 0 Å². The van der Waals surface area contributed by atoms with Crippen LogP contribution in [0.25, 0.3) is 0 Å². The third-order valence-electron chi connectivity index (χ3n) is 4.28. The minimum Gasteiger partial charge on any atom is -0.378 e. The zero-order valence-electron chi connectivity index (χ0n) is 14.2. The summed E-state index contributed by atoms with van der Waals surface area (Å²) in [5.74, 6) is 1.65. The van der Waals surface area contributed by atoms with E-state index < -0.39 is 0 Å². The second-order valence-electron chi connectivity index (χ2n) is 6.32. The van der Waals surface area contributed by atoms with Crippen molar-refractivity contribution in [1.82, 2.24) is 9.88 Å². The van der Waals surface area contributed by atoms with Gasteiger partial charge in [-0.3, -0.25) is 9.78 Å². The topological polar surface area (TPSA) is 36.4 Å². The molecule has 1 aliphatic rings. The van der Waals surface area contributed by atoms with Crippen molar-refractivity contribution in [3.05, 3.63) is 54.4 Å². The summed E-state index contributed by atoms with van der Waals surface area (Å²) in [6.07, 6.45) is 2.78. The first-order chi connectivity index (χ1) is 11.6. The molecule has 1 fully saturated rings. The number of rotatable bonds is 5. The van der Waals surface area contributed by atoms with E-state index in [0.29, 0.717) is 11.6 Å². The molecule has 0 N–H and O–H groups in total. The third-order valence-corrected chi connectivity index (χ3v) is 5.52.